The van der Waals surface area contributed by atoms with Gasteiger partial charge in [-0.2, -0.15) is 11.8 Å². The molecule has 31 heavy (non-hydrogen) atoms. The molecule has 0 bridgehead atoms. The third-order valence-corrected chi connectivity index (χ3v) is 6.34. The smallest absolute Gasteiger partial charge is 0.242 e. The highest BCUT2D eigenvalue weighted by Gasteiger charge is 2.28. The van der Waals surface area contributed by atoms with Crippen molar-refractivity contribution in [3.05, 3.63) is 69.7 Å². The highest BCUT2D eigenvalue weighted by Crippen LogP contribution is 2.24. The van der Waals surface area contributed by atoms with Gasteiger partial charge in [0.05, 0.1) is 10.0 Å². The number of carbonyl (C=O) groups is 2. The van der Waals surface area contributed by atoms with Gasteiger partial charge in [0.25, 0.3) is 0 Å². The van der Waals surface area contributed by atoms with Gasteiger partial charge in [-0.05, 0) is 51.0 Å². The van der Waals surface area contributed by atoms with Gasteiger partial charge >= 0.3 is 0 Å². The first-order chi connectivity index (χ1) is 14.6. The van der Waals surface area contributed by atoms with Gasteiger partial charge in [-0.3, -0.25) is 9.59 Å². The summed E-state index contributed by atoms with van der Waals surface area (Å²) in [6.07, 6.45) is 0.353. The maximum Gasteiger partial charge on any atom is 0.242 e. The number of amides is 2. The van der Waals surface area contributed by atoms with Crippen LogP contribution in [0.15, 0.2) is 48.5 Å². The molecule has 7 heteroatoms. The Kier molecular flexibility index (Phi) is 9.73. The van der Waals surface area contributed by atoms with E-state index in [0.29, 0.717) is 22.2 Å². The molecule has 0 spiro atoms. The summed E-state index contributed by atoms with van der Waals surface area (Å²) < 4.78 is 0. The first-order valence-electron chi connectivity index (χ1n) is 10.2. The fourth-order valence-corrected chi connectivity index (χ4v) is 4.17. The van der Waals surface area contributed by atoms with Crippen molar-refractivity contribution < 1.29 is 9.59 Å². The van der Waals surface area contributed by atoms with Gasteiger partial charge in [-0.1, -0.05) is 59.6 Å². The van der Waals surface area contributed by atoms with Crippen LogP contribution in [0.3, 0.4) is 0 Å². The summed E-state index contributed by atoms with van der Waals surface area (Å²) in [5, 5.41) is 3.85. The van der Waals surface area contributed by atoms with Crippen LogP contribution in [-0.4, -0.2) is 34.0 Å². The number of nitrogens with one attached hydrogen (secondary N) is 1. The second-order valence-electron chi connectivity index (χ2n) is 8.47. The van der Waals surface area contributed by atoms with E-state index in [1.807, 2.05) is 45.0 Å². The van der Waals surface area contributed by atoms with Crippen LogP contribution in [0, 0.1) is 0 Å². The Balaban J connectivity index is 2.06. The lowest BCUT2D eigenvalue weighted by molar-refractivity contribution is -0.140. The number of hydrogen-bond donors (Lipinski definition) is 1. The van der Waals surface area contributed by atoms with Gasteiger partial charge in [0.2, 0.25) is 11.8 Å². The summed E-state index contributed by atoms with van der Waals surface area (Å²) in [7, 11) is 0. The van der Waals surface area contributed by atoms with Crippen LogP contribution in [0.4, 0.5) is 0 Å². The Morgan fingerprint density at radius 3 is 2.32 bits per heavy atom. The van der Waals surface area contributed by atoms with E-state index in [0.717, 1.165) is 11.3 Å². The molecule has 0 aliphatic rings. The van der Waals surface area contributed by atoms with Crippen molar-refractivity contribution >= 4 is 46.8 Å². The zero-order chi connectivity index (χ0) is 23.0. The van der Waals surface area contributed by atoms with Crippen molar-refractivity contribution in [2.75, 3.05) is 5.75 Å². The summed E-state index contributed by atoms with van der Waals surface area (Å²) in [6, 6.07) is 14.8. The van der Waals surface area contributed by atoms with Gasteiger partial charge in [0.15, 0.2) is 0 Å². The summed E-state index contributed by atoms with van der Waals surface area (Å²) >= 11 is 13.9. The highest BCUT2D eigenvalue weighted by atomic mass is 35.5. The number of hydrogen-bond acceptors (Lipinski definition) is 3. The van der Waals surface area contributed by atoms with Crippen LogP contribution in [0.5, 0.6) is 0 Å². The van der Waals surface area contributed by atoms with Crippen molar-refractivity contribution in [2.45, 2.75) is 58.0 Å². The quantitative estimate of drug-likeness (QED) is 0.451. The van der Waals surface area contributed by atoms with Crippen LogP contribution < -0.4 is 5.32 Å². The molecule has 0 heterocycles. The molecule has 0 radical (unpaired) electrons. The molecular weight excluding hydrogens is 451 g/mol. The fourth-order valence-electron chi connectivity index (χ4n) is 2.96. The predicted octanol–water partition coefficient (Wildman–Crippen LogP) is 5.95. The van der Waals surface area contributed by atoms with E-state index in [9.17, 15) is 9.59 Å². The van der Waals surface area contributed by atoms with E-state index in [4.69, 9.17) is 23.2 Å². The molecule has 0 aromatic heterocycles. The monoisotopic (exact) mass is 480 g/mol. The molecule has 0 fully saturated rings. The minimum Gasteiger partial charge on any atom is -0.350 e. The molecule has 1 N–H and O–H groups in total. The van der Waals surface area contributed by atoms with Crippen molar-refractivity contribution in [1.29, 1.82) is 0 Å². The Morgan fingerprint density at radius 2 is 1.71 bits per heavy atom. The largest absolute Gasteiger partial charge is 0.350 e. The van der Waals surface area contributed by atoms with E-state index < -0.39 is 6.04 Å². The normalized spacial score (nSPS) is 12.3. The van der Waals surface area contributed by atoms with Gasteiger partial charge in [0.1, 0.15) is 6.04 Å². The van der Waals surface area contributed by atoms with Crippen LogP contribution in [0.25, 0.3) is 0 Å². The Morgan fingerprint density at radius 1 is 1.03 bits per heavy atom. The molecule has 0 aliphatic carbocycles. The van der Waals surface area contributed by atoms with Gasteiger partial charge in [0, 0.05) is 30.0 Å². The first-order valence-corrected chi connectivity index (χ1v) is 12.1. The summed E-state index contributed by atoms with van der Waals surface area (Å²) in [5.74, 6) is 1.28. The maximum atomic E-state index is 13.1. The van der Waals surface area contributed by atoms with E-state index in [1.54, 1.807) is 35.7 Å². The van der Waals surface area contributed by atoms with Gasteiger partial charge < -0.3 is 10.2 Å². The van der Waals surface area contributed by atoms with E-state index in [2.05, 4.69) is 17.4 Å². The fraction of sp³-hybridized carbons (Fsp3) is 0.417. The number of thioether (sulfide) groups is 1. The van der Waals surface area contributed by atoms with E-state index >= 15 is 0 Å². The van der Waals surface area contributed by atoms with Crippen LogP contribution in [0.2, 0.25) is 10.0 Å². The molecule has 2 rings (SSSR count). The molecule has 2 aromatic carbocycles. The molecule has 1 atom stereocenters. The number of halogens is 2. The summed E-state index contributed by atoms with van der Waals surface area (Å²) in [4.78, 5) is 27.5. The van der Waals surface area contributed by atoms with Crippen molar-refractivity contribution in [2.24, 2.45) is 0 Å². The minimum absolute atomic E-state index is 0.0665. The lowest BCUT2D eigenvalue weighted by Crippen LogP contribution is -2.52. The molecular formula is C24H30Cl2N2O2S. The third kappa shape index (κ3) is 8.76. The zero-order valence-corrected chi connectivity index (χ0v) is 20.8. The van der Waals surface area contributed by atoms with Crippen molar-refractivity contribution in [3.8, 4) is 0 Å². The standard InChI is InChI=1S/C24H30Cl2N2O2S/c1-17(23(30)27-24(2,3)4)28(15-19-10-11-20(25)21(26)14-19)22(29)12-13-31-16-18-8-6-5-7-9-18/h5-11,14,17H,12-13,15-16H2,1-4H3,(H,27,30)/t17-/m1/s1. The predicted molar refractivity (Wildman–Crippen MR) is 132 cm³/mol. The second kappa shape index (κ2) is 11.8. The van der Waals surface area contributed by atoms with Crippen molar-refractivity contribution in [1.82, 2.24) is 10.2 Å². The lowest BCUT2D eigenvalue weighted by atomic mass is 10.1. The summed E-state index contributed by atoms with van der Waals surface area (Å²) in [5.41, 5.74) is 1.68. The molecule has 0 unspecified atom stereocenters. The lowest BCUT2D eigenvalue weighted by Gasteiger charge is -2.31. The molecule has 2 aromatic rings. The van der Waals surface area contributed by atoms with Crippen molar-refractivity contribution in [3.63, 3.8) is 0 Å². The molecule has 168 valence electrons. The third-order valence-electron chi connectivity index (χ3n) is 4.57. The molecule has 0 saturated heterocycles. The van der Waals surface area contributed by atoms with E-state index in [1.165, 1.54) is 5.56 Å². The number of carbonyl (C=O) groups excluding carboxylic acids is 2. The average molecular weight is 481 g/mol. The average Bonchev–Trinajstić information content (AvgIpc) is 2.71. The van der Waals surface area contributed by atoms with Crippen LogP contribution in [0.1, 0.15) is 45.2 Å². The number of nitrogens with zero attached hydrogens (tertiary/aromatic N) is 1. The zero-order valence-electron chi connectivity index (χ0n) is 18.5. The number of rotatable bonds is 9. The maximum absolute atomic E-state index is 13.1. The SMILES string of the molecule is C[C@H](C(=O)NC(C)(C)C)N(Cc1ccc(Cl)c(Cl)c1)C(=O)CCSCc1ccccc1. The Labute approximate surface area is 199 Å². The first kappa shape index (κ1) is 25.6. The molecule has 4 nitrogen and oxygen atoms in total. The second-order valence-corrected chi connectivity index (χ2v) is 10.4. The minimum atomic E-state index is -0.611. The van der Waals surface area contributed by atoms with Gasteiger partial charge in [-0.15, -0.1) is 0 Å². The molecule has 0 saturated carbocycles. The molecule has 0 aliphatic heterocycles. The Bertz CT molecular complexity index is 885. The highest BCUT2D eigenvalue weighted by molar-refractivity contribution is 7.98. The van der Waals surface area contributed by atoms with Gasteiger partial charge in [-0.25, -0.2) is 0 Å². The van der Waals surface area contributed by atoms with Crippen LogP contribution in [-0.2, 0) is 21.9 Å². The molecule has 2 amide bonds. The summed E-state index contributed by atoms with van der Waals surface area (Å²) in [6.45, 7) is 7.81. The van der Waals surface area contributed by atoms with E-state index in [-0.39, 0.29) is 23.9 Å². The van der Waals surface area contributed by atoms with Crippen LogP contribution >= 0.6 is 35.0 Å². The number of benzene rings is 2. The Hall–Kier alpha value is -1.69. The topological polar surface area (TPSA) is 49.4 Å².